The molecule has 1 unspecified atom stereocenters. The third-order valence-electron chi connectivity index (χ3n) is 2.84. The molecule has 2 rings (SSSR count). The van der Waals surface area contributed by atoms with Crippen molar-refractivity contribution >= 4 is 10.8 Å². The topological polar surface area (TPSA) is 46.2 Å². The van der Waals surface area contributed by atoms with Crippen LogP contribution >= 0.6 is 0 Å². The van der Waals surface area contributed by atoms with Gasteiger partial charge in [0.25, 0.3) is 0 Å². The van der Waals surface area contributed by atoms with Crippen LogP contribution in [-0.4, -0.2) is 17.8 Å². The number of benzene rings is 2. The molecule has 2 aromatic carbocycles. The first kappa shape index (κ1) is 11.1. The molecule has 1 atom stereocenters. The van der Waals surface area contributed by atoms with Gasteiger partial charge >= 0.3 is 0 Å². The fourth-order valence-electron chi connectivity index (χ4n) is 2.02. The van der Waals surface area contributed by atoms with Crippen LogP contribution in [0.4, 0.5) is 0 Å². The fraction of sp³-hybridized carbons (Fsp3) is 0.286. The van der Waals surface area contributed by atoms with Crippen LogP contribution in [0.25, 0.3) is 10.8 Å². The maximum atomic E-state index is 9.78. The summed E-state index contributed by atoms with van der Waals surface area (Å²) in [5.41, 5.74) is 6.63. The van der Waals surface area contributed by atoms with Crippen molar-refractivity contribution in [1.29, 1.82) is 0 Å². The predicted molar refractivity (Wildman–Crippen MR) is 67.3 cm³/mol. The molecule has 0 aliphatic heterocycles. The Hall–Kier alpha value is -1.38. The van der Waals surface area contributed by atoms with Gasteiger partial charge in [0.1, 0.15) is 0 Å². The van der Waals surface area contributed by atoms with Crippen molar-refractivity contribution in [1.82, 2.24) is 0 Å². The van der Waals surface area contributed by atoms with Crippen molar-refractivity contribution in [3.8, 4) is 0 Å². The summed E-state index contributed by atoms with van der Waals surface area (Å²) in [6, 6.07) is 14.4. The van der Waals surface area contributed by atoms with Gasteiger partial charge in [-0.2, -0.15) is 0 Å². The molecule has 0 aromatic heterocycles. The van der Waals surface area contributed by atoms with Crippen LogP contribution in [0.3, 0.4) is 0 Å². The third kappa shape index (κ3) is 2.40. The summed E-state index contributed by atoms with van der Waals surface area (Å²) < 4.78 is 0. The highest BCUT2D eigenvalue weighted by atomic mass is 16.3. The molecule has 0 amide bonds. The summed E-state index contributed by atoms with van der Waals surface area (Å²) in [5, 5.41) is 12.2. The van der Waals surface area contributed by atoms with Crippen LogP contribution in [0.15, 0.2) is 42.5 Å². The zero-order valence-corrected chi connectivity index (χ0v) is 9.26. The third-order valence-corrected chi connectivity index (χ3v) is 2.84. The molecule has 3 N–H and O–H groups in total. The SMILES string of the molecule is NCCC(O)Cc1cccc2ccccc12. The van der Waals surface area contributed by atoms with Gasteiger partial charge in [0, 0.05) is 0 Å². The molecule has 0 fully saturated rings. The van der Waals surface area contributed by atoms with E-state index in [9.17, 15) is 5.11 Å². The van der Waals surface area contributed by atoms with Crippen molar-refractivity contribution < 1.29 is 5.11 Å². The molecule has 2 aromatic rings. The standard InChI is InChI=1S/C14H17NO/c15-9-8-13(16)10-12-6-3-5-11-4-1-2-7-14(11)12/h1-7,13,16H,8-10,15H2. The second kappa shape index (κ2) is 5.10. The van der Waals surface area contributed by atoms with E-state index in [-0.39, 0.29) is 6.10 Å². The zero-order chi connectivity index (χ0) is 11.4. The summed E-state index contributed by atoms with van der Waals surface area (Å²) in [7, 11) is 0. The van der Waals surface area contributed by atoms with Gasteiger partial charge in [-0.3, -0.25) is 0 Å². The van der Waals surface area contributed by atoms with Crippen molar-refractivity contribution in [3.63, 3.8) is 0 Å². The molecule has 0 saturated carbocycles. The normalized spacial score (nSPS) is 12.9. The maximum Gasteiger partial charge on any atom is 0.0592 e. The Balaban J connectivity index is 2.30. The second-order valence-electron chi connectivity index (χ2n) is 4.07. The molecular formula is C14H17NO. The first-order valence-electron chi connectivity index (χ1n) is 5.66. The first-order valence-corrected chi connectivity index (χ1v) is 5.66. The minimum Gasteiger partial charge on any atom is -0.393 e. The van der Waals surface area contributed by atoms with Gasteiger partial charge in [0.05, 0.1) is 6.10 Å². The van der Waals surface area contributed by atoms with Gasteiger partial charge in [0.2, 0.25) is 0 Å². The van der Waals surface area contributed by atoms with Gasteiger partial charge in [-0.1, -0.05) is 42.5 Å². The van der Waals surface area contributed by atoms with Gasteiger partial charge < -0.3 is 10.8 Å². The highest BCUT2D eigenvalue weighted by Gasteiger charge is 2.06. The smallest absolute Gasteiger partial charge is 0.0592 e. The van der Waals surface area contributed by atoms with Crippen molar-refractivity contribution in [3.05, 3.63) is 48.0 Å². The predicted octanol–water partition coefficient (Wildman–Crippen LogP) is 2.09. The Bertz CT molecular complexity index is 462. The van der Waals surface area contributed by atoms with E-state index in [0.29, 0.717) is 19.4 Å². The van der Waals surface area contributed by atoms with Crippen LogP contribution in [0.2, 0.25) is 0 Å². The minimum atomic E-state index is -0.337. The molecule has 0 heterocycles. The molecule has 0 bridgehead atoms. The molecule has 2 heteroatoms. The van der Waals surface area contributed by atoms with Gasteiger partial charge in [-0.15, -0.1) is 0 Å². The monoisotopic (exact) mass is 215 g/mol. The molecule has 0 aliphatic carbocycles. The summed E-state index contributed by atoms with van der Waals surface area (Å²) >= 11 is 0. The second-order valence-corrected chi connectivity index (χ2v) is 4.07. The summed E-state index contributed by atoms with van der Waals surface area (Å²) in [4.78, 5) is 0. The highest BCUT2D eigenvalue weighted by Crippen LogP contribution is 2.20. The number of hydrogen-bond donors (Lipinski definition) is 2. The molecule has 2 nitrogen and oxygen atoms in total. The Kier molecular flexibility index (Phi) is 3.54. The van der Waals surface area contributed by atoms with Crippen LogP contribution in [0.5, 0.6) is 0 Å². The van der Waals surface area contributed by atoms with Crippen LogP contribution < -0.4 is 5.73 Å². The average Bonchev–Trinajstić information content (AvgIpc) is 2.30. The van der Waals surface area contributed by atoms with Crippen molar-refractivity contribution in [2.75, 3.05) is 6.54 Å². The average molecular weight is 215 g/mol. The molecule has 84 valence electrons. The number of hydrogen-bond acceptors (Lipinski definition) is 2. The van der Waals surface area contributed by atoms with Crippen molar-refractivity contribution in [2.24, 2.45) is 5.73 Å². The zero-order valence-electron chi connectivity index (χ0n) is 9.26. The quantitative estimate of drug-likeness (QED) is 0.820. The Labute approximate surface area is 95.7 Å². The summed E-state index contributed by atoms with van der Waals surface area (Å²) in [6.45, 7) is 0.534. The van der Waals surface area contributed by atoms with E-state index < -0.39 is 0 Å². The van der Waals surface area contributed by atoms with E-state index in [1.165, 1.54) is 16.3 Å². The summed E-state index contributed by atoms with van der Waals surface area (Å²) in [6.07, 6.45) is 0.998. The number of nitrogens with two attached hydrogens (primary N) is 1. The molecule has 0 radical (unpaired) electrons. The molecular weight excluding hydrogens is 198 g/mol. The van der Waals surface area contributed by atoms with E-state index >= 15 is 0 Å². The lowest BCUT2D eigenvalue weighted by atomic mass is 9.99. The lowest BCUT2D eigenvalue weighted by molar-refractivity contribution is 0.168. The Morgan fingerprint density at radius 3 is 2.62 bits per heavy atom. The maximum absolute atomic E-state index is 9.78. The van der Waals surface area contributed by atoms with Gasteiger partial charge in [-0.25, -0.2) is 0 Å². The van der Waals surface area contributed by atoms with Gasteiger partial charge in [-0.05, 0) is 35.7 Å². The molecule has 0 saturated heterocycles. The lowest BCUT2D eigenvalue weighted by Crippen LogP contribution is -2.16. The van der Waals surface area contributed by atoms with E-state index in [0.717, 1.165) is 0 Å². The molecule has 16 heavy (non-hydrogen) atoms. The number of rotatable bonds is 4. The van der Waals surface area contributed by atoms with Crippen LogP contribution in [0.1, 0.15) is 12.0 Å². The van der Waals surface area contributed by atoms with Crippen molar-refractivity contribution in [2.45, 2.75) is 18.9 Å². The van der Waals surface area contributed by atoms with E-state index in [1.54, 1.807) is 0 Å². The highest BCUT2D eigenvalue weighted by molar-refractivity contribution is 5.85. The molecule has 0 aliphatic rings. The first-order chi connectivity index (χ1) is 7.81. The number of aliphatic hydroxyl groups excluding tert-OH is 1. The van der Waals surface area contributed by atoms with E-state index in [2.05, 4.69) is 24.3 Å². The van der Waals surface area contributed by atoms with Gasteiger partial charge in [0.15, 0.2) is 0 Å². The summed E-state index contributed by atoms with van der Waals surface area (Å²) in [5.74, 6) is 0. The van der Waals surface area contributed by atoms with Crippen LogP contribution in [-0.2, 0) is 6.42 Å². The molecule has 0 spiro atoms. The minimum absolute atomic E-state index is 0.337. The Morgan fingerprint density at radius 2 is 1.81 bits per heavy atom. The largest absolute Gasteiger partial charge is 0.393 e. The fourth-order valence-corrected chi connectivity index (χ4v) is 2.02. The Morgan fingerprint density at radius 1 is 1.06 bits per heavy atom. The van der Waals surface area contributed by atoms with E-state index in [4.69, 9.17) is 5.73 Å². The number of aliphatic hydroxyl groups is 1. The lowest BCUT2D eigenvalue weighted by Gasteiger charge is -2.11. The van der Waals surface area contributed by atoms with Crippen LogP contribution in [0, 0.1) is 0 Å². The van der Waals surface area contributed by atoms with E-state index in [1.807, 2.05) is 18.2 Å². The number of fused-ring (bicyclic) bond motifs is 1.